The van der Waals surface area contributed by atoms with Crippen LogP contribution in [0.3, 0.4) is 0 Å². The van der Waals surface area contributed by atoms with Crippen molar-refractivity contribution in [3.8, 4) is 11.5 Å². The molecule has 2 amide bonds. The van der Waals surface area contributed by atoms with Gasteiger partial charge in [-0.15, -0.1) is 0 Å². The first-order valence-electron chi connectivity index (χ1n) is 14.3. The van der Waals surface area contributed by atoms with Gasteiger partial charge in [0.2, 0.25) is 11.8 Å². The molecular weight excluding hydrogens is 564 g/mol. The van der Waals surface area contributed by atoms with Crippen LogP contribution in [0.15, 0.2) is 36.5 Å². The molecule has 1 N–H and O–H groups in total. The van der Waals surface area contributed by atoms with Crippen molar-refractivity contribution in [1.82, 2.24) is 14.8 Å². The molecule has 2 atom stereocenters. The summed E-state index contributed by atoms with van der Waals surface area (Å²) < 4.78 is 53.4. The van der Waals surface area contributed by atoms with E-state index in [0.29, 0.717) is 65.5 Å². The van der Waals surface area contributed by atoms with Crippen LogP contribution in [-0.4, -0.2) is 85.5 Å². The molecule has 0 bridgehead atoms. The number of ether oxygens (including phenoxy) is 4. The summed E-state index contributed by atoms with van der Waals surface area (Å²) in [6.07, 6.45) is 0.0170. The van der Waals surface area contributed by atoms with Crippen molar-refractivity contribution in [1.29, 1.82) is 0 Å². The van der Waals surface area contributed by atoms with Gasteiger partial charge in [-0.2, -0.15) is 0 Å². The number of nitrogens with one attached hydrogen (secondary N) is 1. The number of alkyl halides is 1. The van der Waals surface area contributed by atoms with Crippen LogP contribution >= 0.6 is 0 Å². The molecule has 0 unspecified atom stereocenters. The molecule has 2 aliphatic rings. The molecule has 5 rings (SSSR count). The van der Waals surface area contributed by atoms with Crippen LogP contribution < -0.4 is 14.8 Å². The Morgan fingerprint density at radius 2 is 1.67 bits per heavy atom. The second kappa shape index (κ2) is 13.5. The number of amides is 2. The van der Waals surface area contributed by atoms with Gasteiger partial charge in [-0.1, -0.05) is 18.2 Å². The molecule has 0 spiro atoms. The van der Waals surface area contributed by atoms with E-state index in [1.165, 1.54) is 11.8 Å². The summed E-state index contributed by atoms with van der Waals surface area (Å²) in [5, 5.41) is 3.21. The van der Waals surface area contributed by atoms with Crippen molar-refractivity contribution in [3.05, 3.63) is 59.0 Å². The van der Waals surface area contributed by atoms with E-state index in [1.807, 2.05) is 0 Å². The number of ketones is 1. The number of benzene rings is 2. The van der Waals surface area contributed by atoms with E-state index in [4.69, 9.17) is 18.9 Å². The smallest absolute Gasteiger partial charge is 0.243 e. The summed E-state index contributed by atoms with van der Waals surface area (Å²) >= 11 is 0. The van der Waals surface area contributed by atoms with Gasteiger partial charge in [-0.25, -0.2) is 8.78 Å². The number of aromatic nitrogens is 1. The van der Waals surface area contributed by atoms with Gasteiger partial charge in [0.05, 0.1) is 38.5 Å². The fourth-order valence-corrected chi connectivity index (χ4v) is 5.37. The summed E-state index contributed by atoms with van der Waals surface area (Å²) in [5.74, 6) is -0.869. The fourth-order valence-electron chi connectivity index (χ4n) is 5.37. The van der Waals surface area contributed by atoms with Gasteiger partial charge < -0.3 is 33.7 Å². The number of likely N-dealkylation sites (tertiary alicyclic amines) is 1. The number of aryl methyl sites for hydroxylation is 1. The van der Waals surface area contributed by atoms with E-state index in [0.717, 1.165) is 0 Å². The molecular formula is C31H35F2N3O7. The van der Waals surface area contributed by atoms with Crippen LogP contribution in [0.1, 0.15) is 34.8 Å². The number of carbonyl (C=O) groups is 3. The van der Waals surface area contributed by atoms with Crippen molar-refractivity contribution >= 4 is 28.5 Å². The molecule has 1 saturated heterocycles. The molecule has 1 aromatic heterocycles. The number of rotatable bonds is 6. The lowest BCUT2D eigenvalue weighted by atomic mass is 10.1. The molecule has 2 aromatic carbocycles. The SMILES string of the molecule is CC(=O)c1cn(CC(=O)N2C[C@H](F)C[C@H]2C(=O)NCc2cccc(C)c2F)c2cc3c(cc12)OCCOCCOCCO3. The lowest BCUT2D eigenvalue weighted by molar-refractivity contribution is -0.139. The zero-order chi connectivity index (χ0) is 30.5. The van der Waals surface area contributed by atoms with Crippen molar-refractivity contribution in [2.75, 3.05) is 46.2 Å². The Morgan fingerprint density at radius 1 is 1.00 bits per heavy atom. The summed E-state index contributed by atoms with van der Waals surface area (Å²) in [6.45, 7) is 4.52. The predicted molar refractivity (Wildman–Crippen MR) is 153 cm³/mol. The topological polar surface area (TPSA) is 108 Å². The van der Waals surface area contributed by atoms with E-state index in [9.17, 15) is 23.2 Å². The zero-order valence-corrected chi connectivity index (χ0v) is 24.2. The highest BCUT2D eigenvalue weighted by Crippen LogP contribution is 2.36. The maximum Gasteiger partial charge on any atom is 0.243 e. The van der Waals surface area contributed by atoms with Gasteiger partial charge in [0.15, 0.2) is 17.3 Å². The summed E-state index contributed by atoms with van der Waals surface area (Å²) in [7, 11) is 0. The van der Waals surface area contributed by atoms with Crippen LogP contribution in [0.25, 0.3) is 10.9 Å². The molecule has 10 nitrogen and oxygen atoms in total. The van der Waals surface area contributed by atoms with E-state index >= 15 is 0 Å². The Hall–Kier alpha value is -4.03. The third kappa shape index (κ3) is 6.97. The number of halogens is 2. The molecule has 0 radical (unpaired) electrons. The molecule has 2 aliphatic heterocycles. The largest absolute Gasteiger partial charge is 0.487 e. The van der Waals surface area contributed by atoms with E-state index in [-0.39, 0.29) is 45.1 Å². The number of carbonyl (C=O) groups excluding carboxylic acids is 3. The first-order valence-corrected chi connectivity index (χ1v) is 14.3. The summed E-state index contributed by atoms with van der Waals surface area (Å²) in [5.41, 5.74) is 1.66. The lowest BCUT2D eigenvalue weighted by Gasteiger charge is -2.24. The quantitative estimate of drug-likeness (QED) is 0.433. The van der Waals surface area contributed by atoms with Gasteiger partial charge in [0, 0.05) is 41.7 Å². The van der Waals surface area contributed by atoms with E-state index < -0.39 is 29.8 Å². The van der Waals surface area contributed by atoms with Crippen LogP contribution in [0.4, 0.5) is 8.78 Å². The van der Waals surface area contributed by atoms with Gasteiger partial charge in [-0.3, -0.25) is 14.4 Å². The highest BCUT2D eigenvalue weighted by molar-refractivity contribution is 6.08. The highest BCUT2D eigenvalue weighted by Gasteiger charge is 2.40. The maximum absolute atomic E-state index is 14.6. The Labute approximate surface area is 247 Å². The van der Waals surface area contributed by atoms with Crippen LogP contribution in [0, 0.1) is 12.7 Å². The average molecular weight is 600 g/mol. The fraction of sp³-hybridized carbons (Fsp3) is 0.452. The number of fused-ring (bicyclic) bond motifs is 2. The van der Waals surface area contributed by atoms with Crippen molar-refractivity contribution in [2.24, 2.45) is 0 Å². The van der Waals surface area contributed by atoms with Gasteiger partial charge in [-0.05, 0) is 25.5 Å². The summed E-state index contributed by atoms with van der Waals surface area (Å²) in [4.78, 5) is 40.4. The minimum atomic E-state index is -1.39. The van der Waals surface area contributed by atoms with Crippen LogP contribution in [0.5, 0.6) is 11.5 Å². The number of Topliss-reactive ketones (excluding diaryl/α,β-unsaturated/α-hetero) is 1. The van der Waals surface area contributed by atoms with E-state index in [2.05, 4.69) is 5.32 Å². The van der Waals surface area contributed by atoms with Gasteiger partial charge in [0.1, 0.15) is 37.8 Å². The second-order valence-corrected chi connectivity index (χ2v) is 10.6. The molecule has 12 heteroatoms. The minimum Gasteiger partial charge on any atom is -0.487 e. The number of hydrogen-bond donors (Lipinski definition) is 1. The Bertz CT molecular complexity index is 1510. The molecule has 0 aliphatic carbocycles. The monoisotopic (exact) mass is 599 g/mol. The number of hydrogen-bond acceptors (Lipinski definition) is 7. The van der Waals surface area contributed by atoms with Gasteiger partial charge in [0.25, 0.3) is 0 Å². The molecule has 1 fully saturated rings. The minimum absolute atomic E-state index is 0.0869. The number of nitrogens with zero attached hydrogens (tertiary/aromatic N) is 2. The Kier molecular flexibility index (Phi) is 9.56. The molecule has 3 aromatic rings. The first-order chi connectivity index (χ1) is 20.7. The average Bonchev–Trinajstić information content (AvgIpc) is 3.54. The third-order valence-electron chi connectivity index (χ3n) is 7.57. The van der Waals surface area contributed by atoms with Crippen molar-refractivity contribution in [2.45, 2.75) is 45.6 Å². The van der Waals surface area contributed by atoms with Crippen molar-refractivity contribution in [3.63, 3.8) is 0 Å². The highest BCUT2D eigenvalue weighted by atomic mass is 19.1. The second-order valence-electron chi connectivity index (χ2n) is 10.6. The lowest BCUT2D eigenvalue weighted by Crippen LogP contribution is -2.46. The predicted octanol–water partition coefficient (Wildman–Crippen LogP) is 3.35. The van der Waals surface area contributed by atoms with Gasteiger partial charge >= 0.3 is 0 Å². The van der Waals surface area contributed by atoms with Crippen molar-refractivity contribution < 1.29 is 42.1 Å². The Balaban J connectivity index is 1.37. The molecule has 0 saturated carbocycles. The standard InChI is InChI=1S/C31H35F2N3O7/c1-19-4-3-5-21(30(19)33)15-34-31(39)26-12-22(32)16-36(26)29(38)18-35-17-24(20(2)37)23-13-27-28(14-25(23)35)43-11-9-41-7-6-40-8-10-42-27/h3-5,13-14,17,22,26H,6-12,15-16,18H2,1-2H3,(H,34,39)/t22-,26+/m1/s1. The molecule has 230 valence electrons. The molecule has 3 heterocycles. The first kappa shape index (κ1) is 30.4. The van der Waals surface area contributed by atoms with E-state index in [1.54, 1.807) is 48.0 Å². The molecule has 43 heavy (non-hydrogen) atoms. The van der Waals surface area contributed by atoms with Crippen LogP contribution in [-0.2, 0) is 32.2 Å². The normalized spacial score (nSPS) is 19.5. The third-order valence-corrected chi connectivity index (χ3v) is 7.57. The zero-order valence-electron chi connectivity index (χ0n) is 24.2. The summed E-state index contributed by atoms with van der Waals surface area (Å²) in [6, 6.07) is 7.21. The van der Waals surface area contributed by atoms with Crippen LogP contribution in [0.2, 0.25) is 0 Å². The maximum atomic E-state index is 14.6. The Morgan fingerprint density at radius 3 is 2.37 bits per heavy atom.